The maximum atomic E-state index is 13.1. The van der Waals surface area contributed by atoms with E-state index in [2.05, 4.69) is 16.0 Å². The van der Waals surface area contributed by atoms with Crippen molar-refractivity contribution >= 4 is 11.8 Å². The van der Waals surface area contributed by atoms with Crippen LogP contribution in [0.3, 0.4) is 0 Å². The molecule has 1 aromatic carbocycles. The molecule has 5 nitrogen and oxygen atoms in total. The predicted molar refractivity (Wildman–Crippen MR) is 78.1 cm³/mol. The van der Waals surface area contributed by atoms with Crippen molar-refractivity contribution in [1.82, 2.24) is 16.0 Å². The highest BCUT2D eigenvalue weighted by atomic mass is 19.4. The van der Waals surface area contributed by atoms with Gasteiger partial charge in [0.2, 0.25) is 5.91 Å². The topological polar surface area (TPSA) is 70.2 Å². The standard InChI is InChI=1S/C15H17F4N3O2/c16-8-14(4-5-20-9-14)22-12(23)7-21-13(24)10-2-1-3-11(6-10)15(17,18)19/h1-3,6,20H,4-5,7-9H2,(H,21,24)(H,22,23). The number of rotatable bonds is 5. The first-order valence-corrected chi connectivity index (χ1v) is 7.29. The quantitative estimate of drug-likeness (QED) is 0.702. The summed E-state index contributed by atoms with van der Waals surface area (Å²) in [5.41, 5.74) is -2.15. The minimum Gasteiger partial charge on any atom is -0.345 e. The number of benzene rings is 1. The van der Waals surface area contributed by atoms with Crippen LogP contribution in [0.1, 0.15) is 22.3 Å². The zero-order chi connectivity index (χ0) is 17.8. The van der Waals surface area contributed by atoms with Gasteiger partial charge >= 0.3 is 6.18 Å². The van der Waals surface area contributed by atoms with Gasteiger partial charge in [0.1, 0.15) is 6.67 Å². The fourth-order valence-corrected chi connectivity index (χ4v) is 2.44. The van der Waals surface area contributed by atoms with E-state index in [-0.39, 0.29) is 12.1 Å². The van der Waals surface area contributed by atoms with Crippen molar-refractivity contribution in [3.63, 3.8) is 0 Å². The minimum absolute atomic E-state index is 0.208. The van der Waals surface area contributed by atoms with Crippen molar-refractivity contribution in [3.05, 3.63) is 35.4 Å². The molecule has 132 valence electrons. The second-order valence-electron chi connectivity index (χ2n) is 5.65. The first kappa shape index (κ1) is 18.2. The molecule has 1 atom stereocenters. The largest absolute Gasteiger partial charge is 0.416 e. The van der Waals surface area contributed by atoms with Gasteiger partial charge in [0.05, 0.1) is 17.6 Å². The Labute approximate surface area is 135 Å². The molecule has 1 unspecified atom stereocenters. The SMILES string of the molecule is O=C(CNC(=O)c1cccc(C(F)(F)F)c1)NC1(CF)CCNC1. The van der Waals surface area contributed by atoms with E-state index >= 15 is 0 Å². The van der Waals surface area contributed by atoms with Crippen LogP contribution in [-0.2, 0) is 11.0 Å². The third-order valence-electron chi connectivity index (χ3n) is 3.77. The number of carbonyl (C=O) groups excluding carboxylic acids is 2. The van der Waals surface area contributed by atoms with Gasteiger partial charge in [-0.25, -0.2) is 4.39 Å². The second-order valence-corrected chi connectivity index (χ2v) is 5.65. The van der Waals surface area contributed by atoms with E-state index in [4.69, 9.17) is 0 Å². The molecule has 9 heteroatoms. The highest BCUT2D eigenvalue weighted by Crippen LogP contribution is 2.29. The van der Waals surface area contributed by atoms with Crippen molar-refractivity contribution < 1.29 is 27.2 Å². The van der Waals surface area contributed by atoms with E-state index in [1.165, 1.54) is 6.07 Å². The van der Waals surface area contributed by atoms with Gasteiger partial charge in [-0.2, -0.15) is 13.2 Å². The summed E-state index contributed by atoms with van der Waals surface area (Å²) in [6.45, 7) is -0.332. The Bertz CT molecular complexity index is 613. The van der Waals surface area contributed by atoms with Gasteiger partial charge in [-0.05, 0) is 31.2 Å². The van der Waals surface area contributed by atoms with Crippen molar-refractivity contribution in [2.45, 2.75) is 18.1 Å². The fraction of sp³-hybridized carbons (Fsp3) is 0.467. The molecule has 0 aromatic heterocycles. The van der Waals surface area contributed by atoms with Crippen LogP contribution in [-0.4, -0.2) is 43.7 Å². The molecule has 0 radical (unpaired) electrons. The molecule has 0 aliphatic carbocycles. The number of alkyl halides is 4. The van der Waals surface area contributed by atoms with Crippen LogP contribution in [0.15, 0.2) is 24.3 Å². The molecule has 0 saturated carbocycles. The molecule has 1 aromatic rings. The van der Waals surface area contributed by atoms with Gasteiger partial charge in [0, 0.05) is 12.1 Å². The summed E-state index contributed by atoms with van der Waals surface area (Å²) in [6.07, 6.45) is -4.13. The normalized spacial score (nSPS) is 20.7. The maximum Gasteiger partial charge on any atom is 0.416 e. The highest BCUT2D eigenvalue weighted by molar-refractivity contribution is 5.96. The van der Waals surface area contributed by atoms with Gasteiger partial charge in [0.25, 0.3) is 5.91 Å². The Morgan fingerprint density at radius 1 is 1.29 bits per heavy atom. The Hall–Kier alpha value is -2.16. The maximum absolute atomic E-state index is 13.1. The van der Waals surface area contributed by atoms with Crippen molar-refractivity contribution in [2.24, 2.45) is 0 Å². The summed E-state index contributed by atoms with van der Waals surface area (Å²) in [7, 11) is 0. The Morgan fingerprint density at radius 2 is 2.04 bits per heavy atom. The lowest BCUT2D eigenvalue weighted by molar-refractivity contribution is -0.137. The number of carbonyl (C=O) groups is 2. The first-order valence-electron chi connectivity index (χ1n) is 7.29. The van der Waals surface area contributed by atoms with Gasteiger partial charge < -0.3 is 16.0 Å². The molecule has 2 rings (SSSR count). The van der Waals surface area contributed by atoms with Crippen LogP contribution in [0.2, 0.25) is 0 Å². The highest BCUT2D eigenvalue weighted by Gasteiger charge is 2.35. The van der Waals surface area contributed by atoms with E-state index in [0.717, 1.165) is 12.1 Å². The average molecular weight is 347 g/mol. The van der Waals surface area contributed by atoms with E-state index in [9.17, 15) is 27.2 Å². The molecule has 1 aliphatic heterocycles. The lowest BCUT2D eigenvalue weighted by Crippen LogP contribution is -2.54. The van der Waals surface area contributed by atoms with Gasteiger partial charge in [-0.1, -0.05) is 6.07 Å². The summed E-state index contributed by atoms with van der Waals surface area (Å²) >= 11 is 0. The molecule has 1 saturated heterocycles. The van der Waals surface area contributed by atoms with E-state index in [1.54, 1.807) is 0 Å². The summed E-state index contributed by atoms with van der Waals surface area (Å²) in [4.78, 5) is 23.7. The lowest BCUT2D eigenvalue weighted by Gasteiger charge is -2.26. The minimum atomic E-state index is -4.56. The van der Waals surface area contributed by atoms with E-state index in [0.29, 0.717) is 19.0 Å². The average Bonchev–Trinajstić information content (AvgIpc) is 3.01. The second kappa shape index (κ2) is 7.16. The van der Waals surface area contributed by atoms with Crippen LogP contribution < -0.4 is 16.0 Å². The number of amides is 2. The first-order chi connectivity index (χ1) is 11.3. The Morgan fingerprint density at radius 3 is 2.62 bits per heavy atom. The molecular formula is C15H17F4N3O2. The van der Waals surface area contributed by atoms with E-state index in [1.807, 2.05) is 0 Å². The van der Waals surface area contributed by atoms with E-state index < -0.39 is 42.3 Å². The van der Waals surface area contributed by atoms with Gasteiger partial charge in [-0.15, -0.1) is 0 Å². The molecule has 1 fully saturated rings. The van der Waals surface area contributed by atoms with Crippen LogP contribution >= 0.6 is 0 Å². The Kier molecular flexibility index (Phi) is 5.43. The third kappa shape index (κ3) is 4.44. The molecule has 24 heavy (non-hydrogen) atoms. The zero-order valence-corrected chi connectivity index (χ0v) is 12.7. The summed E-state index contributed by atoms with van der Waals surface area (Å²) in [5.74, 6) is -1.41. The third-order valence-corrected chi connectivity index (χ3v) is 3.77. The van der Waals surface area contributed by atoms with Gasteiger partial charge in [0.15, 0.2) is 0 Å². The summed E-state index contributed by atoms with van der Waals surface area (Å²) in [6, 6.07) is 3.88. The van der Waals surface area contributed by atoms with Crippen LogP contribution in [0, 0.1) is 0 Å². The van der Waals surface area contributed by atoms with Crippen molar-refractivity contribution in [1.29, 1.82) is 0 Å². The lowest BCUT2D eigenvalue weighted by atomic mass is 10.0. The Balaban J connectivity index is 1.92. The summed E-state index contributed by atoms with van der Waals surface area (Å²) < 4.78 is 50.9. The molecule has 0 spiro atoms. The zero-order valence-electron chi connectivity index (χ0n) is 12.7. The molecule has 3 N–H and O–H groups in total. The number of halogens is 4. The van der Waals surface area contributed by atoms with Gasteiger partial charge in [-0.3, -0.25) is 9.59 Å². The number of nitrogens with one attached hydrogen (secondary N) is 3. The molecule has 1 heterocycles. The smallest absolute Gasteiger partial charge is 0.345 e. The van der Waals surface area contributed by atoms with Crippen molar-refractivity contribution in [3.8, 4) is 0 Å². The molecular weight excluding hydrogens is 330 g/mol. The predicted octanol–water partition coefficient (Wildman–Crippen LogP) is 1.25. The molecule has 1 aliphatic rings. The van der Waals surface area contributed by atoms with Crippen molar-refractivity contribution in [2.75, 3.05) is 26.3 Å². The molecule has 0 bridgehead atoms. The monoisotopic (exact) mass is 347 g/mol. The number of hydrogen-bond donors (Lipinski definition) is 3. The van der Waals surface area contributed by atoms with Crippen LogP contribution in [0.25, 0.3) is 0 Å². The van der Waals surface area contributed by atoms with Crippen LogP contribution in [0.5, 0.6) is 0 Å². The fourth-order valence-electron chi connectivity index (χ4n) is 2.44. The summed E-state index contributed by atoms with van der Waals surface area (Å²) in [5, 5.41) is 7.68. The van der Waals surface area contributed by atoms with Crippen LogP contribution in [0.4, 0.5) is 17.6 Å². The number of hydrogen-bond acceptors (Lipinski definition) is 3. The molecule has 2 amide bonds.